The zero-order valence-corrected chi connectivity index (χ0v) is 28.1. The molecule has 0 N–H and O–H groups in total. The number of benzene rings is 6. The van der Waals surface area contributed by atoms with Gasteiger partial charge in [-0.25, -0.2) is 4.98 Å². The average Bonchev–Trinajstić information content (AvgIpc) is 3.49. The Balaban J connectivity index is 1.13. The van der Waals surface area contributed by atoms with E-state index in [9.17, 15) is 0 Å². The minimum absolute atomic E-state index is 0.185. The zero-order chi connectivity index (χ0) is 33.9. The van der Waals surface area contributed by atoms with E-state index in [1.54, 1.807) is 0 Å². The van der Waals surface area contributed by atoms with Crippen molar-refractivity contribution < 1.29 is 4.74 Å². The quantitative estimate of drug-likeness (QED) is 0.189. The topological polar surface area (TPSA) is 37.7 Å². The number of pyridine rings is 1. The zero-order valence-electron chi connectivity index (χ0n) is 28.1. The van der Waals surface area contributed by atoms with Crippen molar-refractivity contribution in [3.63, 3.8) is 0 Å². The van der Waals surface area contributed by atoms with E-state index in [0.29, 0.717) is 0 Å². The maximum atomic E-state index is 6.68. The lowest BCUT2D eigenvalue weighted by atomic mass is 9.66. The molecule has 1 aliphatic carbocycles. The first-order valence-electron chi connectivity index (χ1n) is 17.4. The molecule has 1 unspecified atom stereocenters. The molecular formula is C47H33N3O. The summed E-state index contributed by atoms with van der Waals surface area (Å²) in [5.74, 6) is 1.75. The first-order valence-corrected chi connectivity index (χ1v) is 17.4. The monoisotopic (exact) mass is 655 g/mol. The third kappa shape index (κ3) is 4.46. The summed E-state index contributed by atoms with van der Waals surface area (Å²) in [5, 5.41) is 0. The van der Waals surface area contributed by atoms with Gasteiger partial charge in [0, 0.05) is 23.7 Å². The highest BCUT2D eigenvalue weighted by molar-refractivity contribution is 6.12. The molecule has 6 aromatic carbocycles. The predicted octanol–water partition coefficient (Wildman–Crippen LogP) is 10.7. The lowest BCUT2D eigenvalue weighted by Gasteiger charge is -2.39. The summed E-state index contributed by atoms with van der Waals surface area (Å²) in [5.41, 5.74) is 13.8. The van der Waals surface area contributed by atoms with Crippen LogP contribution < -0.4 is 4.74 Å². The normalized spacial score (nSPS) is 16.3. The van der Waals surface area contributed by atoms with E-state index < -0.39 is 5.41 Å². The largest absolute Gasteiger partial charge is 0.457 e. The van der Waals surface area contributed by atoms with E-state index in [1.165, 1.54) is 22.3 Å². The van der Waals surface area contributed by atoms with Crippen molar-refractivity contribution in [2.24, 2.45) is 4.99 Å². The first-order chi connectivity index (χ1) is 25.2. The molecule has 0 saturated carbocycles. The Kier molecular flexibility index (Phi) is 6.65. The minimum atomic E-state index is -0.527. The van der Waals surface area contributed by atoms with Crippen LogP contribution in [0.25, 0.3) is 28.1 Å². The number of para-hydroxylation sites is 1. The molecule has 51 heavy (non-hydrogen) atoms. The summed E-state index contributed by atoms with van der Waals surface area (Å²) in [7, 11) is 2.11. The smallest absolute Gasteiger partial charge is 0.147 e. The van der Waals surface area contributed by atoms with Gasteiger partial charge in [-0.2, -0.15) is 0 Å². The van der Waals surface area contributed by atoms with Gasteiger partial charge in [0.2, 0.25) is 0 Å². The Labute approximate surface area is 297 Å². The number of allylic oxidation sites excluding steroid dienone is 1. The molecule has 7 aromatic rings. The molecule has 0 bridgehead atoms. The van der Waals surface area contributed by atoms with Crippen molar-refractivity contribution in [1.82, 2.24) is 9.88 Å². The van der Waals surface area contributed by atoms with E-state index in [2.05, 4.69) is 176 Å². The summed E-state index contributed by atoms with van der Waals surface area (Å²) in [6.45, 7) is 0. The Bertz CT molecular complexity index is 2490. The molecule has 2 aliphatic heterocycles. The van der Waals surface area contributed by atoms with Gasteiger partial charge in [0.1, 0.15) is 17.7 Å². The van der Waals surface area contributed by atoms with Gasteiger partial charge in [0.25, 0.3) is 0 Å². The summed E-state index contributed by atoms with van der Waals surface area (Å²) >= 11 is 0. The van der Waals surface area contributed by atoms with Crippen LogP contribution in [0.4, 0.5) is 0 Å². The van der Waals surface area contributed by atoms with E-state index in [0.717, 1.165) is 62.1 Å². The number of hydrogen-bond acceptors (Lipinski definition) is 4. The number of rotatable bonds is 4. The third-order valence-corrected chi connectivity index (χ3v) is 10.6. The van der Waals surface area contributed by atoms with Crippen LogP contribution in [0, 0.1) is 0 Å². The van der Waals surface area contributed by atoms with Crippen LogP contribution in [0.5, 0.6) is 11.5 Å². The number of aliphatic imine (C=N–C) groups is 1. The van der Waals surface area contributed by atoms with E-state index >= 15 is 0 Å². The number of nitrogens with zero attached hydrogens (tertiary/aromatic N) is 3. The van der Waals surface area contributed by atoms with Gasteiger partial charge in [0.15, 0.2) is 0 Å². The molecule has 0 fully saturated rings. The van der Waals surface area contributed by atoms with Crippen molar-refractivity contribution in [3.05, 3.63) is 215 Å². The number of aromatic nitrogens is 1. The Morgan fingerprint density at radius 1 is 0.529 bits per heavy atom. The fourth-order valence-electron chi connectivity index (χ4n) is 8.32. The van der Waals surface area contributed by atoms with Gasteiger partial charge in [-0.1, -0.05) is 133 Å². The lowest BCUT2D eigenvalue weighted by molar-refractivity contribution is 0.363. The minimum Gasteiger partial charge on any atom is -0.457 e. The van der Waals surface area contributed by atoms with Crippen LogP contribution in [0.1, 0.15) is 45.2 Å². The Morgan fingerprint density at radius 2 is 1.14 bits per heavy atom. The fourth-order valence-corrected chi connectivity index (χ4v) is 8.32. The van der Waals surface area contributed by atoms with Crippen LogP contribution in [0.3, 0.4) is 0 Å². The SMILES string of the molecule is CN1C(c2cccc(-c3ccc4c(c3)C3(c5ccccc5O4)c4ccccc4-c4ccccc43)n2)=CC(c2ccccc2)=NC1c1ccccc1. The van der Waals surface area contributed by atoms with Crippen LogP contribution >= 0.6 is 0 Å². The highest BCUT2D eigenvalue weighted by Gasteiger charge is 2.51. The molecule has 0 amide bonds. The maximum absolute atomic E-state index is 6.68. The van der Waals surface area contributed by atoms with Crippen molar-refractivity contribution in [2.45, 2.75) is 11.6 Å². The first kappa shape index (κ1) is 29.4. The molecule has 4 heteroatoms. The van der Waals surface area contributed by atoms with Crippen LogP contribution in [-0.4, -0.2) is 22.6 Å². The second-order valence-corrected chi connectivity index (χ2v) is 13.4. The van der Waals surface area contributed by atoms with Gasteiger partial charge in [0.05, 0.1) is 28.2 Å². The van der Waals surface area contributed by atoms with Crippen molar-refractivity contribution >= 4 is 11.4 Å². The molecule has 1 atom stereocenters. The number of hydrogen-bond donors (Lipinski definition) is 0. The van der Waals surface area contributed by atoms with Crippen molar-refractivity contribution in [1.29, 1.82) is 0 Å². The van der Waals surface area contributed by atoms with E-state index in [4.69, 9.17) is 14.7 Å². The summed E-state index contributed by atoms with van der Waals surface area (Å²) < 4.78 is 6.68. The molecule has 10 rings (SSSR count). The molecule has 242 valence electrons. The van der Waals surface area contributed by atoms with Gasteiger partial charge in [-0.3, -0.25) is 4.99 Å². The molecule has 0 saturated heterocycles. The number of ether oxygens (including phenoxy) is 1. The highest BCUT2D eigenvalue weighted by Crippen LogP contribution is 2.62. The molecule has 0 radical (unpaired) electrons. The molecule has 1 aromatic heterocycles. The third-order valence-electron chi connectivity index (χ3n) is 10.6. The summed E-state index contributed by atoms with van der Waals surface area (Å²) in [6.07, 6.45) is 1.98. The highest BCUT2D eigenvalue weighted by atomic mass is 16.5. The second kappa shape index (κ2) is 11.5. The Hall–Kier alpha value is -6.52. The van der Waals surface area contributed by atoms with Crippen LogP contribution in [0.2, 0.25) is 0 Å². The standard InChI is InChI=1S/C47H33N3O/c1-50-43(30-42(31-15-4-2-5-16-31)49-46(50)32-17-6-3-7-18-32)41-25-14-24-40(48-41)33-27-28-45-39(29-33)47(38-23-12-13-26-44(38)51-45)36-21-10-8-19-34(36)35-20-9-11-22-37(35)47/h2-30,46H,1H3. The second-order valence-electron chi connectivity index (χ2n) is 13.4. The average molecular weight is 656 g/mol. The van der Waals surface area contributed by atoms with Crippen molar-refractivity contribution in [2.75, 3.05) is 7.05 Å². The fraction of sp³-hybridized carbons (Fsp3) is 0.0638. The van der Waals surface area contributed by atoms with Gasteiger partial charge < -0.3 is 9.64 Å². The molecule has 3 aliphatic rings. The van der Waals surface area contributed by atoms with Gasteiger partial charge in [-0.15, -0.1) is 0 Å². The van der Waals surface area contributed by atoms with Crippen LogP contribution in [0.15, 0.2) is 181 Å². The maximum Gasteiger partial charge on any atom is 0.147 e. The molecule has 1 spiro atoms. The number of fused-ring (bicyclic) bond motifs is 9. The van der Waals surface area contributed by atoms with Crippen LogP contribution in [-0.2, 0) is 5.41 Å². The summed E-state index contributed by atoms with van der Waals surface area (Å²) in [4.78, 5) is 12.8. The van der Waals surface area contributed by atoms with Gasteiger partial charge >= 0.3 is 0 Å². The molecular weight excluding hydrogens is 623 g/mol. The van der Waals surface area contributed by atoms with Crippen molar-refractivity contribution in [3.8, 4) is 33.9 Å². The predicted molar refractivity (Wildman–Crippen MR) is 205 cm³/mol. The molecule has 4 nitrogen and oxygen atoms in total. The van der Waals surface area contributed by atoms with Gasteiger partial charge in [-0.05, 0) is 75.9 Å². The lowest BCUT2D eigenvalue weighted by Crippen LogP contribution is -2.32. The molecule has 3 heterocycles. The Morgan fingerprint density at radius 3 is 1.88 bits per heavy atom. The summed E-state index contributed by atoms with van der Waals surface area (Å²) in [6, 6.07) is 59.9. The van der Waals surface area contributed by atoms with E-state index in [-0.39, 0.29) is 6.17 Å². The van der Waals surface area contributed by atoms with E-state index in [1.807, 2.05) is 12.1 Å².